The Kier molecular flexibility index (Phi) is 3.17. The predicted molar refractivity (Wildman–Crippen MR) is 70.9 cm³/mol. The van der Waals surface area contributed by atoms with Crippen LogP contribution in [0.2, 0.25) is 0 Å². The van der Waals surface area contributed by atoms with Gasteiger partial charge in [0, 0.05) is 13.1 Å². The zero-order valence-corrected chi connectivity index (χ0v) is 10.7. The monoisotopic (exact) mass is 230 g/mol. The highest BCUT2D eigenvalue weighted by Crippen LogP contribution is 2.25. The van der Waals surface area contributed by atoms with Gasteiger partial charge in [-0.15, -0.1) is 0 Å². The Bertz CT molecular complexity index is 394. The lowest BCUT2D eigenvalue weighted by Crippen LogP contribution is -2.28. The molecule has 0 saturated carbocycles. The minimum atomic E-state index is 0.897. The van der Waals surface area contributed by atoms with Gasteiger partial charge in [0.15, 0.2) is 0 Å². The molecule has 0 bridgehead atoms. The standard InChI is InChI=1S/C15H22N2/c1-17-10-14-3-2-13(9-15(14)11-17)8-12-4-6-16-7-5-12/h2-3,9,12,16H,4-8,10-11H2,1H3. The molecule has 0 amide bonds. The molecule has 1 aromatic rings. The maximum absolute atomic E-state index is 3.44. The molecule has 2 heterocycles. The van der Waals surface area contributed by atoms with Crippen molar-refractivity contribution in [1.82, 2.24) is 10.2 Å². The molecule has 0 spiro atoms. The second-order valence-corrected chi connectivity index (χ2v) is 5.67. The molecule has 2 heteroatoms. The van der Waals surface area contributed by atoms with Gasteiger partial charge in [-0.1, -0.05) is 18.2 Å². The Morgan fingerprint density at radius 3 is 2.76 bits per heavy atom. The van der Waals surface area contributed by atoms with Crippen LogP contribution < -0.4 is 5.32 Å². The molecule has 1 saturated heterocycles. The molecule has 0 unspecified atom stereocenters. The summed E-state index contributed by atoms with van der Waals surface area (Å²) in [5.41, 5.74) is 4.63. The predicted octanol–water partition coefficient (Wildman–Crippen LogP) is 2.17. The van der Waals surface area contributed by atoms with Crippen LogP contribution in [0.4, 0.5) is 0 Å². The smallest absolute Gasteiger partial charge is 0.0237 e. The second-order valence-electron chi connectivity index (χ2n) is 5.67. The highest BCUT2D eigenvalue weighted by molar-refractivity contribution is 5.34. The van der Waals surface area contributed by atoms with E-state index < -0.39 is 0 Å². The van der Waals surface area contributed by atoms with Crippen LogP contribution in [0.5, 0.6) is 0 Å². The number of rotatable bonds is 2. The van der Waals surface area contributed by atoms with Crippen LogP contribution >= 0.6 is 0 Å². The van der Waals surface area contributed by atoms with Crippen LogP contribution in [0.1, 0.15) is 29.5 Å². The van der Waals surface area contributed by atoms with Crippen molar-refractivity contribution < 1.29 is 0 Å². The second kappa shape index (κ2) is 4.79. The minimum absolute atomic E-state index is 0.897. The van der Waals surface area contributed by atoms with E-state index >= 15 is 0 Å². The summed E-state index contributed by atoms with van der Waals surface area (Å²) < 4.78 is 0. The third-order valence-corrected chi connectivity index (χ3v) is 4.13. The van der Waals surface area contributed by atoms with Crippen molar-refractivity contribution in [2.75, 3.05) is 20.1 Å². The van der Waals surface area contributed by atoms with Gasteiger partial charge in [-0.25, -0.2) is 0 Å². The van der Waals surface area contributed by atoms with Gasteiger partial charge in [-0.05, 0) is 62.0 Å². The molecule has 0 atom stereocenters. The number of hydrogen-bond donors (Lipinski definition) is 1. The van der Waals surface area contributed by atoms with E-state index in [4.69, 9.17) is 0 Å². The Morgan fingerprint density at radius 1 is 1.18 bits per heavy atom. The van der Waals surface area contributed by atoms with Crippen molar-refractivity contribution in [3.05, 3.63) is 34.9 Å². The van der Waals surface area contributed by atoms with E-state index in [0.717, 1.165) is 19.0 Å². The number of piperidine rings is 1. The first-order valence-electron chi connectivity index (χ1n) is 6.81. The average Bonchev–Trinajstić information content (AvgIpc) is 2.70. The van der Waals surface area contributed by atoms with Gasteiger partial charge in [-0.3, -0.25) is 4.90 Å². The summed E-state index contributed by atoms with van der Waals surface area (Å²) in [4.78, 5) is 2.39. The van der Waals surface area contributed by atoms with Crippen molar-refractivity contribution in [3.63, 3.8) is 0 Å². The fraction of sp³-hybridized carbons (Fsp3) is 0.600. The van der Waals surface area contributed by atoms with Gasteiger partial charge < -0.3 is 5.32 Å². The first-order valence-corrected chi connectivity index (χ1v) is 6.81. The fourth-order valence-electron chi connectivity index (χ4n) is 3.16. The third kappa shape index (κ3) is 2.53. The van der Waals surface area contributed by atoms with Crippen molar-refractivity contribution in [1.29, 1.82) is 0 Å². The number of hydrogen-bond acceptors (Lipinski definition) is 2. The van der Waals surface area contributed by atoms with Crippen molar-refractivity contribution in [3.8, 4) is 0 Å². The zero-order chi connectivity index (χ0) is 11.7. The molecule has 1 fully saturated rings. The van der Waals surface area contributed by atoms with Gasteiger partial charge in [0.25, 0.3) is 0 Å². The van der Waals surface area contributed by atoms with Crippen molar-refractivity contribution in [2.24, 2.45) is 5.92 Å². The van der Waals surface area contributed by atoms with Crippen LogP contribution in [0.15, 0.2) is 18.2 Å². The van der Waals surface area contributed by atoms with E-state index in [1.165, 1.54) is 37.9 Å². The van der Waals surface area contributed by atoms with E-state index in [1.54, 1.807) is 11.1 Å². The van der Waals surface area contributed by atoms with Gasteiger partial charge in [-0.2, -0.15) is 0 Å². The lowest BCUT2D eigenvalue weighted by molar-refractivity contribution is 0.353. The molecular formula is C15H22N2. The molecule has 3 rings (SSSR count). The van der Waals surface area contributed by atoms with E-state index in [1.807, 2.05) is 0 Å². The minimum Gasteiger partial charge on any atom is -0.317 e. The average molecular weight is 230 g/mol. The molecule has 0 aliphatic carbocycles. The first kappa shape index (κ1) is 11.2. The Hall–Kier alpha value is -0.860. The molecule has 0 aromatic heterocycles. The van der Waals surface area contributed by atoms with E-state index in [0.29, 0.717) is 0 Å². The van der Waals surface area contributed by atoms with E-state index in [9.17, 15) is 0 Å². The summed E-state index contributed by atoms with van der Waals surface area (Å²) in [6.07, 6.45) is 3.96. The summed E-state index contributed by atoms with van der Waals surface area (Å²) in [6, 6.07) is 7.14. The Balaban J connectivity index is 1.69. The zero-order valence-electron chi connectivity index (χ0n) is 10.7. The quantitative estimate of drug-likeness (QED) is 0.837. The normalized spacial score (nSPS) is 21.7. The molecule has 92 valence electrons. The third-order valence-electron chi connectivity index (χ3n) is 4.13. The molecule has 1 aromatic carbocycles. The van der Waals surface area contributed by atoms with E-state index in [2.05, 4.69) is 35.5 Å². The highest BCUT2D eigenvalue weighted by atomic mass is 15.1. The number of nitrogens with one attached hydrogen (secondary N) is 1. The molecule has 1 N–H and O–H groups in total. The topological polar surface area (TPSA) is 15.3 Å². The van der Waals surface area contributed by atoms with Crippen LogP contribution in [0.25, 0.3) is 0 Å². The number of nitrogens with zero attached hydrogens (tertiary/aromatic N) is 1. The fourth-order valence-corrected chi connectivity index (χ4v) is 3.16. The van der Waals surface area contributed by atoms with Gasteiger partial charge in [0.2, 0.25) is 0 Å². The van der Waals surface area contributed by atoms with E-state index in [-0.39, 0.29) is 0 Å². The van der Waals surface area contributed by atoms with Crippen molar-refractivity contribution in [2.45, 2.75) is 32.4 Å². The van der Waals surface area contributed by atoms with Crippen LogP contribution in [-0.4, -0.2) is 25.0 Å². The SMILES string of the molecule is CN1Cc2ccc(CC3CCNCC3)cc2C1. The molecule has 2 aliphatic rings. The molecule has 2 aliphatic heterocycles. The maximum Gasteiger partial charge on any atom is 0.0237 e. The molecular weight excluding hydrogens is 208 g/mol. The largest absolute Gasteiger partial charge is 0.317 e. The molecule has 2 nitrogen and oxygen atoms in total. The number of fused-ring (bicyclic) bond motifs is 1. The lowest BCUT2D eigenvalue weighted by Gasteiger charge is -2.22. The molecule has 0 radical (unpaired) electrons. The Morgan fingerprint density at radius 2 is 1.94 bits per heavy atom. The van der Waals surface area contributed by atoms with Crippen LogP contribution in [0, 0.1) is 5.92 Å². The lowest BCUT2D eigenvalue weighted by atomic mass is 9.90. The van der Waals surface area contributed by atoms with Crippen LogP contribution in [-0.2, 0) is 19.5 Å². The van der Waals surface area contributed by atoms with Crippen molar-refractivity contribution >= 4 is 0 Å². The summed E-state index contributed by atoms with van der Waals surface area (Å²) in [5, 5.41) is 3.44. The molecule has 17 heavy (non-hydrogen) atoms. The maximum atomic E-state index is 3.44. The first-order chi connectivity index (χ1) is 8.31. The van der Waals surface area contributed by atoms with Crippen LogP contribution in [0.3, 0.4) is 0 Å². The Labute approximate surface area is 104 Å². The highest BCUT2D eigenvalue weighted by Gasteiger charge is 2.17. The summed E-state index contributed by atoms with van der Waals surface area (Å²) in [7, 11) is 2.20. The summed E-state index contributed by atoms with van der Waals surface area (Å²) in [6.45, 7) is 4.68. The van der Waals surface area contributed by atoms with Gasteiger partial charge >= 0.3 is 0 Å². The van der Waals surface area contributed by atoms with Gasteiger partial charge in [0.1, 0.15) is 0 Å². The summed E-state index contributed by atoms with van der Waals surface area (Å²) in [5.74, 6) is 0.897. The summed E-state index contributed by atoms with van der Waals surface area (Å²) >= 11 is 0. The number of benzene rings is 1. The van der Waals surface area contributed by atoms with Gasteiger partial charge in [0.05, 0.1) is 0 Å².